The van der Waals surface area contributed by atoms with Crippen LogP contribution in [0.25, 0.3) is 0 Å². The highest BCUT2D eigenvalue weighted by atomic mass is 35.5. The van der Waals surface area contributed by atoms with E-state index in [1.807, 2.05) is 30.3 Å². The first-order chi connectivity index (χ1) is 9.24. The molecule has 2 aromatic carbocycles. The van der Waals surface area contributed by atoms with E-state index in [-0.39, 0.29) is 0 Å². The number of halogens is 1. The average Bonchev–Trinajstić information content (AvgIpc) is 2.46. The normalized spacial score (nSPS) is 9.95. The molecular formula is C16H15ClN2. The molecule has 0 saturated heterocycles. The van der Waals surface area contributed by atoms with Gasteiger partial charge >= 0.3 is 0 Å². The van der Waals surface area contributed by atoms with Crippen LogP contribution in [-0.4, -0.2) is 6.54 Å². The summed E-state index contributed by atoms with van der Waals surface area (Å²) in [5, 5.41) is 9.81. The topological polar surface area (TPSA) is 27.0 Å². The van der Waals surface area contributed by atoms with E-state index in [1.54, 1.807) is 6.07 Å². The molecule has 19 heavy (non-hydrogen) atoms. The van der Waals surface area contributed by atoms with Gasteiger partial charge in [0.2, 0.25) is 0 Å². The summed E-state index contributed by atoms with van der Waals surface area (Å²) < 4.78 is 0. The van der Waals surface area contributed by atoms with Crippen molar-refractivity contribution in [3.63, 3.8) is 0 Å². The fourth-order valence-corrected chi connectivity index (χ4v) is 2.22. The largest absolute Gasteiger partial charge is 0.366 e. The van der Waals surface area contributed by atoms with Gasteiger partial charge in [0, 0.05) is 18.1 Å². The highest BCUT2D eigenvalue weighted by molar-refractivity contribution is 6.30. The van der Waals surface area contributed by atoms with E-state index in [0.29, 0.717) is 10.6 Å². The summed E-state index contributed by atoms with van der Waals surface area (Å²) in [6, 6.07) is 17.9. The van der Waals surface area contributed by atoms with Crippen LogP contribution in [0.3, 0.4) is 0 Å². The minimum atomic E-state index is 0.594. The van der Waals surface area contributed by atoms with E-state index in [9.17, 15) is 5.26 Å². The first kappa shape index (κ1) is 13.5. The zero-order valence-electron chi connectivity index (χ0n) is 10.8. The maximum atomic E-state index is 9.22. The zero-order valence-corrected chi connectivity index (χ0v) is 11.6. The third-order valence-electron chi connectivity index (χ3n) is 3.02. The summed E-state index contributed by atoms with van der Waals surface area (Å²) in [6.07, 6.45) is 0. The van der Waals surface area contributed by atoms with Gasteiger partial charge in [-0.1, -0.05) is 41.9 Å². The second-order valence-corrected chi connectivity index (χ2v) is 4.71. The smallest absolute Gasteiger partial charge is 0.101 e. The van der Waals surface area contributed by atoms with E-state index < -0.39 is 0 Å². The molecule has 2 rings (SSSR count). The van der Waals surface area contributed by atoms with Crippen LogP contribution in [0.5, 0.6) is 0 Å². The Bertz CT molecular complexity index is 587. The Kier molecular flexibility index (Phi) is 4.43. The number of hydrogen-bond acceptors (Lipinski definition) is 2. The lowest BCUT2D eigenvalue weighted by atomic mass is 10.1. The molecule has 0 amide bonds. The summed E-state index contributed by atoms with van der Waals surface area (Å²) in [4.78, 5) is 2.17. The molecule has 0 bridgehead atoms. The van der Waals surface area contributed by atoms with Crippen LogP contribution in [0.1, 0.15) is 18.1 Å². The second kappa shape index (κ2) is 6.26. The van der Waals surface area contributed by atoms with Gasteiger partial charge in [-0.3, -0.25) is 0 Å². The van der Waals surface area contributed by atoms with Crippen molar-refractivity contribution in [2.24, 2.45) is 0 Å². The van der Waals surface area contributed by atoms with Gasteiger partial charge in [0.1, 0.15) is 6.07 Å². The molecule has 0 aliphatic heterocycles. The van der Waals surface area contributed by atoms with Crippen molar-refractivity contribution in [1.82, 2.24) is 0 Å². The summed E-state index contributed by atoms with van der Waals surface area (Å²) >= 11 is 5.93. The van der Waals surface area contributed by atoms with E-state index in [2.05, 4.69) is 30.0 Å². The van der Waals surface area contributed by atoms with Gasteiger partial charge in [-0.25, -0.2) is 0 Å². The molecule has 3 heteroatoms. The summed E-state index contributed by atoms with van der Waals surface area (Å²) in [7, 11) is 0. The Morgan fingerprint density at radius 2 is 1.89 bits per heavy atom. The average molecular weight is 271 g/mol. The van der Waals surface area contributed by atoms with Crippen molar-refractivity contribution in [3.05, 3.63) is 64.7 Å². The molecular weight excluding hydrogens is 256 g/mol. The third kappa shape index (κ3) is 3.27. The van der Waals surface area contributed by atoms with Crippen LogP contribution >= 0.6 is 11.6 Å². The molecule has 0 radical (unpaired) electrons. The number of hydrogen-bond donors (Lipinski definition) is 0. The van der Waals surface area contributed by atoms with Crippen molar-refractivity contribution in [1.29, 1.82) is 5.26 Å². The minimum absolute atomic E-state index is 0.594. The lowest BCUT2D eigenvalue weighted by molar-refractivity contribution is 0.830. The van der Waals surface area contributed by atoms with Gasteiger partial charge < -0.3 is 4.90 Å². The molecule has 0 atom stereocenters. The zero-order chi connectivity index (χ0) is 13.7. The number of nitriles is 1. The van der Waals surface area contributed by atoms with Gasteiger partial charge in [-0.2, -0.15) is 5.26 Å². The minimum Gasteiger partial charge on any atom is -0.366 e. The van der Waals surface area contributed by atoms with Crippen LogP contribution < -0.4 is 4.90 Å². The Morgan fingerprint density at radius 1 is 1.16 bits per heavy atom. The Morgan fingerprint density at radius 3 is 2.53 bits per heavy atom. The van der Waals surface area contributed by atoms with Crippen molar-refractivity contribution in [2.45, 2.75) is 13.5 Å². The van der Waals surface area contributed by atoms with Crippen molar-refractivity contribution in [2.75, 3.05) is 11.4 Å². The predicted octanol–water partition coefficient (Wildman–Crippen LogP) is 4.24. The number of nitrogens with zero attached hydrogens (tertiary/aromatic N) is 2. The fraction of sp³-hybridized carbons (Fsp3) is 0.188. The van der Waals surface area contributed by atoms with Gasteiger partial charge in [-0.05, 0) is 30.7 Å². The van der Waals surface area contributed by atoms with Crippen LogP contribution in [0.4, 0.5) is 5.69 Å². The molecule has 0 unspecified atom stereocenters. The summed E-state index contributed by atoms with van der Waals surface area (Å²) in [6.45, 7) is 3.71. The monoisotopic (exact) mass is 270 g/mol. The molecule has 0 spiro atoms. The molecule has 96 valence electrons. The molecule has 2 nitrogen and oxygen atoms in total. The molecule has 0 heterocycles. The van der Waals surface area contributed by atoms with Crippen LogP contribution in [0.2, 0.25) is 5.02 Å². The van der Waals surface area contributed by atoms with Crippen molar-refractivity contribution < 1.29 is 0 Å². The molecule has 0 aromatic heterocycles. The third-order valence-corrected chi connectivity index (χ3v) is 3.25. The molecule has 0 aliphatic rings. The molecule has 0 aliphatic carbocycles. The predicted molar refractivity (Wildman–Crippen MR) is 79.3 cm³/mol. The summed E-state index contributed by atoms with van der Waals surface area (Å²) in [5.74, 6) is 0. The molecule has 0 N–H and O–H groups in total. The standard InChI is InChI=1S/C16H15ClN2/c1-2-19(12-13-6-4-3-5-7-13)16-9-8-15(17)10-14(16)11-18/h3-10H,2,12H2,1H3. The van der Waals surface area contributed by atoms with Crippen molar-refractivity contribution >= 4 is 17.3 Å². The van der Waals surface area contributed by atoms with E-state index in [0.717, 1.165) is 18.8 Å². The van der Waals surface area contributed by atoms with Crippen LogP contribution in [0, 0.1) is 11.3 Å². The molecule has 0 fully saturated rings. The molecule has 0 saturated carbocycles. The Balaban J connectivity index is 2.30. The lowest BCUT2D eigenvalue weighted by Crippen LogP contribution is -2.22. The van der Waals surface area contributed by atoms with E-state index in [4.69, 9.17) is 11.6 Å². The highest BCUT2D eigenvalue weighted by Gasteiger charge is 2.10. The first-order valence-corrected chi connectivity index (χ1v) is 6.61. The number of anilines is 1. The highest BCUT2D eigenvalue weighted by Crippen LogP contribution is 2.25. The van der Waals surface area contributed by atoms with Crippen LogP contribution in [-0.2, 0) is 6.54 Å². The summed E-state index contributed by atoms with van der Waals surface area (Å²) in [5.41, 5.74) is 2.77. The van der Waals surface area contributed by atoms with Gasteiger partial charge in [0.15, 0.2) is 0 Å². The van der Waals surface area contributed by atoms with Crippen LogP contribution in [0.15, 0.2) is 48.5 Å². The molecule has 2 aromatic rings. The van der Waals surface area contributed by atoms with E-state index in [1.165, 1.54) is 5.56 Å². The number of benzene rings is 2. The Hall–Kier alpha value is -1.98. The second-order valence-electron chi connectivity index (χ2n) is 4.27. The quantitative estimate of drug-likeness (QED) is 0.831. The maximum absolute atomic E-state index is 9.22. The SMILES string of the molecule is CCN(Cc1ccccc1)c1ccc(Cl)cc1C#N. The lowest BCUT2D eigenvalue weighted by Gasteiger charge is -2.24. The van der Waals surface area contributed by atoms with E-state index >= 15 is 0 Å². The van der Waals surface area contributed by atoms with Crippen molar-refractivity contribution in [3.8, 4) is 6.07 Å². The van der Waals surface area contributed by atoms with Gasteiger partial charge in [0.25, 0.3) is 0 Å². The van der Waals surface area contributed by atoms with Gasteiger partial charge in [-0.15, -0.1) is 0 Å². The maximum Gasteiger partial charge on any atom is 0.101 e. The Labute approximate surface area is 118 Å². The number of rotatable bonds is 4. The fourth-order valence-electron chi connectivity index (χ4n) is 2.04. The first-order valence-electron chi connectivity index (χ1n) is 6.23. The van der Waals surface area contributed by atoms with Gasteiger partial charge in [0.05, 0.1) is 11.3 Å².